The van der Waals surface area contributed by atoms with Gasteiger partial charge in [-0.15, -0.1) is 11.8 Å². The molecule has 0 spiro atoms. The first-order chi connectivity index (χ1) is 16.4. The molecule has 0 bridgehead atoms. The van der Waals surface area contributed by atoms with Crippen LogP contribution in [0.4, 0.5) is 0 Å². The predicted molar refractivity (Wildman–Crippen MR) is 141 cm³/mol. The van der Waals surface area contributed by atoms with Crippen molar-refractivity contribution in [2.24, 2.45) is 0 Å². The Labute approximate surface area is 207 Å². The first-order valence-electron chi connectivity index (χ1n) is 11.8. The van der Waals surface area contributed by atoms with Crippen LogP contribution < -0.4 is 5.32 Å². The zero-order chi connectivity index (χ0) is 24.3. The monoisotopic (exact) mass is 474 g/mol. The molecule has 178 valence electrons. The van der Waals surface area contributed by atoms with Gasteiger partial charge in [0.1, 0.15) is 6.04 Å². The number of amides is 2. The predicted octanol–water partition coefficient (Wildman–Crippen LogP) is 5.64. The van der Waals surface area contributed by atoms with E-state index in [1.54, 1.807) is 16.7 Å². The van der Waals surface area contributed by atoms with E-state index >= 15 is 0 Å². The number of hydrogen-bond donors (Lipinski definition) is 1. The molecule has 2 amide bonds. The zero-order valence-electron chi connectivity index (χ0n) is 20.2. The molecule has 0 saturated heterocycles. The maximum absolute atomic E-state index is 13.6. The number of nitrogens with one attached hydrogen (secondary N) is 1. The summed E-state index contributed by atoms with van der Waals surface area (Å²) in [5.41, 5.74) is 3.20. The summed E-state index contributed by atoms with van der Waals surface area (Å²) in [6.07, 6.45) is 0.842. The molecule has 0 saturated carbocycles. The molecule has 0 unspecified atom stereocenters. The highest BCUT2D eigenvalue weighted by Crippen LogP contribution is 2.21. The fraction of sp³-hybridized carbons (Fsp3) is 0.310. The molecule has 4 nitrogen and oxygen atoms in total. The molecule has 1 N–H and O–H groups in total. The Kier molecular flexibility index (Phi) is 9.77. The molecule has 3 aromatic rings. The minimum absolute atomic E-state index is 0.00479. The van der Waals surface area contributed by atoms with E-state index in [1.807, 2.05) is 93.6 Å². The van der Waals surface area contributed by atoms with Crippen molar-refractivity contribution in [1.29, 1.82) is 0 Å². The van der Waals surface area contributed by atoms with Gasteiger partial charge in [0.15, 0.2) is 0 Å². The van der Waals surface area contributed by atoms with Gasteiger partial charge in [-0.25, -0.2) is 0 Å². The third kappa shape index (κ3) is 7.77. The summed E-state index contributed by atoms with van der Waals surface area (Å²) in [5, 5.41) is 3.04. The standard InChI is InChI=1S/C29H34N2O2S/c1-22(2)30-29(33)27(20-24-13-6-4-7-14-24)31(21-25-15-11-10-12-23(25)3)28(32)18-19-34-26-16-8-5-9-17-26/h4-17,22,27H,18-21H2,1-3H3,(H,30,33)/t27-/m0/s1. The summed E-state index contributed by atoms with van der Waals surface area (Å²) in [5.74, 6) is 0.541. The molecule has 34 heavy (non-hydrogen) atoms. The smallest absolute Gasteiger partial charge is 0.243 e. The fourth-order valence-electron chi connectivity index (χ4n) is 3.82. The summed E-state index contributed by atoms with van der Waals surface area (Å²) >= 11 is 1.66. The third-order valence-electron chi connectivity index (χ3n) is 5.63. The Hall–Kier alpha value is -3.05. The summed E-state index contributed by atoms with van der Waals surface area (Å²) in [6.45, 7) is 6.34. The molecule has 0 radical (unpaired) electrons. The van der Waals surface area contributed by atoms with Crippen LogP contribution in [-0.2, 0) is 22.6 Å². The van der Waals surface area contributed by atoms with Crippen LogP contribution in [0.2, 0.25) is 0 Å². The molecule has 0 aliphatic carbocycles. The van der Waals surface area contributed by atoms with Gasteiger partial charge in [-0.05, 0) is 49.6 Å². The number of aryl methyl sites for hydroxylation is 1. The van der Waals surface area contributed by atoms with Crippen LogP contribution in [0.1, 0.15) is 37.0 Å². The average molecular weight is 475 g/mol. The Morgan fingerprint density at radius 2 is 1.50 bits per heavy atom. The summed E-state index contributed by atoms with van der Waals surface area (Å²) in [4.78, 5) is 29.9. The van der Waals surface area contributed by atoms with Crippen molar-refractivity contribution in [3.8, 4) is 0 Å². The van der Waals surface area contributed by atoms with Gasteiger partial charge in [-0.3, -0.25) is 9.59 Å². The highest BCUT2D eigenvalue weighted by molar-refractivity contribution is 7.99. The Morgan fingerprint density at radius 1 is 0.882 bits per heavy atom. The van der Waals surface area contributed by atoms with Gasteiger partial charge in [0.05, 0.1) is 0 Å². The van der Waals surface area contributed by atoms with Crippen LogP contribution in [0.5, 0.6) is 0 Å². The van der Waals surface area contributed by atoms with Crippen molar-refractivity contribution in [2.45, 2.75) is 57.1 Å². The van der Waals surface area contributed by atoms with Gasteiger partial charge >= 0.3 is 0 Å². The van der Waals surface area contributed by atoms with Gasteiger partial charge < -0.3 is 10.2 Å². The normalized spacial score (nSPS) is 11.8. The summed E-state index contributed by atoms with van der Waals surface area (Å²) < 4.78 is 0. The zero-order valence-corrected chi connectivity index (χ0v) is 21.1. The molecule has 5 heteroatoms. The van der Waals surface area contributed by atoms with E-state index in [9.17, 15) is 9.59 Å². The lowest BCUT2D eigenvalue weighted by atomic mass is 10.0. The third-order valence-corrected chi connectivity index (χ3v) is 6.65. The van der Waals surface area contributed by atoms with Crippen LogP contribution in [0, 0.1) is 6.92 Å². The van der Waals surface area contributed by atoms with Gasteiger partial charge in [-0.2, -0.15) is 0 Å². The highest BCUT2D eigenvalue weighted by Gasteiger charge is 2.30. The quantitative estimate of drug-likeness (QED) is 0.366. The highest BCUT2D eigenvalue weighted by atomic mass is 32.2. The Bertz CT molecular complexity index is 1050. The molecular weight excluding hydrogens is 440 g/mol. The number of hydrogen-bond acceptors (Lipinski definition) is 3. The molecule has 0 fully saturated rings. The van der Waals surface area contributed by atoms with Crippen molar-refractivity contribution in [1.82, 2.24) is 10.2 Å². The Balaban J connectivity index is 1.86. The molecule has 0 heterocycles. The van der Waals surface area contributed by atoms with E-state index in [1.165, 1.54) is 0 Å². The van der Waals surface area contributed by atoms with E-state index in [-0.39, 0.29) is 17.9 Å². The van der Waals surface area contributed by atoms with Crippen molar-refractivity contribution < 1.29 is 9.59 Å². The SMILES string of the molecule is Cc1ccccc1CN(C(=O)CCSc1ccccc1)[C@@H](Cc1ccccc1)C(=O)NC(C)C. The van der Waals surface area contributed by atoms with E-state index in [4.69, 9.17) is 0 Å². The second-order valence-electron chi connectivity index (χ2n) is 8.73. The first kappa shape index (κ1) is 25.6. The number of rotatable bonds is 11. The maximum Gasteiger partial charge on any atom is 0.243 e. The lowest BCUT2D eigenvalue weighted by Gasteiger charge is -2.32. The van der Waals surface area contributed by atoms with E-state index in [2.05, 4.69) is 17.4 Å². The second-order valence-corrected chi connectivity index (χ2v) is 9.90. The minimum Gasteiger partial charge on any atom is -0.352 e. The topological polar surface area (TPSA) is 49.4 Å². The number of carbonyl (C=O) groups is 2. The molecule has 1 atom stereocenters. The molecule has 3 aromatic carbocycles. The van der Waals surface area contributed by atoms with Crippen LogP contribution in [0.15, 0.2) is 89.8 Å². The lowest BCUT2D eigenvalue weighted by Crippen LogP contribution is -2.52. The largest absolute Gasteiger partial charge is 0.352 e. The average Bonchev–Trinajstić information content (AvgIpc) is 2.83. The lowest BCUT2D eigenvalue weighted by molar-refractivity contribution is -0.141. The van der Waals surface area contributed by atoms with Crippen LogP contribution >= 0.6 is 11.8 Å². The minimum atomic E-state index is -0.585. The first-order valence-corrected chi connectivity index (χ1v) is 12.8. The van der Waals surface area contributed by atoms with Crippen LogP contribution in [0.3, 0.4) is 0 Å². The van der Waals surface area contributed by atoms with E-state index in [0.717, 1.165) is 21.6 Å². The Morgan fingerprint density at radius 3 is 2.15 bits per heavy atom. The van der Waals surface area contributed by atoms with Gasteiger partial charge in [0, 0.05) is 36.1 Å². The van der Waals surface area contributed by atoms with Crippen molar-refractivity contribution in [2.75, 3.05) is 5.75 Å². The van der Waals surface area contributed by atoms with Crippen LogP contribution in [-0.4, -0.2) is 34.6 Å². The summed E-state index contributed by atoms with van der Waals surface area (Å²) in [6, 6.07) is 27.5. The van der Waals surface area contributed by atoms with Crippen molar-refractivity contribution >= 4 is 23.6 Å². The number of carbonyl (C=O) groups excluding carboxylic acids is 2. The summed E-state index contributed by atoms with van der Waals surface area (Å²) in [7, 11) is 0. The second kappa shape index (κ2) is 13.0. The number of benzene rings is 3. The van der Waals surface area contributed by atoms with Gasteiger partial charge in [0.25, 0.3) is 0 Å². The van der Waals surface area contributed by atoms with Gasteiger partial charge in [0.2, 0.25) is 11.8 Å². The fourth-order valence-corrected chi connectivity index (χ4v) is 4.68. The molecule has 3 rings (SSSR count). The van der Waals surface area contributed by atoms with Crippen LogP contribution in [0.25, 0.3) is 0 Å². The maximum atomic E-state index is 13.6. The van der Waals surface area contributed by atoms with Crippen molar-refractivity contribution in [3.63, 3.8) is 0 Å². The molecule has 0 aliphatic heterocycles. The number of thioether (sulfide) groups is 1. The number of nitrogens with zero attached hydrogens (tertiary/aromatic N) is 1. The van der Waals surface area contributed by atoms with Crippen molar-refractivity contribution in [3.05, 3.63) is 102 Å². The molecule has 0 aliphatic rings. The van der Waals surface area contributed by atoms with E-state index in [0.29, 0.717) is 25.1 Å². The van der Waals surface area contributed by atoms with E-state index < -0.39 is 6.04 Å². The molecule has 0 aromatic heterocycles. The van der Waals surface area contributed by atoms with Gasteiger partial charge in [-0.1, -0.05) is 72.8 Å². The molecular formula is C29H34N2O2S.